The van der Waals surface area contributed by atoms with Gasteiger partial charge in [-0.1, -0.05) is 12.1 Å². The van der Waals surface area contributed by atoms with Crippen molar-refractivity contribution < 1.29 is 14.3 Å². The van der Waals surface area contributed by atoms with Crippen LogP contribution in [-0.4, -0.2) is 43.8 Å². The Hall–Kier alpha value is -1.75. The molecule has 0 saturated carbocycles. The maximum Gasteiger partial charge on any atom is 0.410 e. The van der Waals surface area contributed by atoms with Crippen LogP contribution in [0.3, 0.4) is 0 Å². The fourth-order valence-corrected chi connectivity index (χ4v) is 2.08. The second-order valence-electron chi connectivity index (χ2n) is 6.70. The number of ether oxygens (including phenoxy) is 2. The van der Waals surface area contributed by atoms with E-state index in [0.717, 1.165) is 18.7 Å². The Bertz CT molecular complexity index is 480. The van der Waals surface area contributed by atoms with Crippen molar-refractivity contribution in [2.75, 3.05) is 27.2 Å². The molecule has 0 aliphatic carbocycles. The van der Waals surface area contributed by atoms with Crippen molar-refractivity contribution in [1.82, 2.24) is 10.2 Å². The van der Waals surface area contributed by atoms with E-state index >= 15 is 0 Å². The van der Waals surface area contributed by atoms with E-state index in [4.69, 9.17) is 9.47 Å². The van der Waals surface area contributed by atoms with Gasteiger partial charge in [-0.05, 0) is 58.4 Å². The Kier molecular flexibility index (Phi) is 7.36. The number of methoxy groups -OCH3 is 1. The van der Waals surface area contributed by atoms with E-state index in [1.165, 1.54) is 5.56 Å². The molecule has 0 spiro atoms. The summed E-state index contributed by atoms with van der Waals surface area (Å²) < 4.78 is 10.5. The molecule has 130 valence electrons. The zero-order valence-corrected chi connectivity index (χ0v) is 15.2. The summed E-state index contributed by atoms with van der Waals surface area (Å²) in [5.41, 5.74) is 0.762. The molecule has 1 N–H and O–H groups in total. The zero-order valence-electron chi connectivity index (χ0n) is 15.2. The fourth-order valence-electron chi connectivity index (χ4n) is 2.08. The number of nitrogens with one attached hydrogen (secondary N) is 1. The van der Waals surface area contributed by atoms with Crippen LogP contribution in [0.4, 0.5) is 4.79 Å². The van der Waals surface area contributed by atoms with Gasteiger partial charge in [0, 0.05) is 19.6 Å². The summed E-state index contributed by atoms with van der Waals surface area (Å²) in [7, 11) is 3.43. The molecular formula is C18H30N2O3. The second kappa shape index (κ2) is 8.77. The van der Waals surface area contributed by atoms with Crippen molar-refractivity contribution in [1.29, 1.82) is 0 Å². The lowest BCUT2D eigenvalue weighted by Gasteiger charge is -2.24. The molecule has 1 aromatic rings. The number of rotatable bonds is 7. The third kappa shape index (κ3) is 7.37. The maximum absolute atomic E-state index is 11.8. The number of benzene rings is 1. The van der Waals surface area contributed by atoms with Crippen molar-refractivity contribution in [2.45, 2.75) is 45.8 Å². The van der Waals surface area contributed by atoms with E-state index in [0.29, 0.717) is 6.54 Å². The molecule has 5 nitrogen and oxygen atoms in total. The first-order valence-electron chi connectivity index (χ1n) is 8.04. The van der Waals surface area contributed by atoms with Gasteiger partial charge in [-0.25, -0.2) is 4.79 Å². The molecule has 0 aliphatic rings. The van der Waals surface area contributed by atoms with Gasteiger partial charge in [-0.3, -0.25) is 0 Å². The summed E-state index contributed by atoms with van der Waals surface area (Å²) in [6.45, 7) is 9.24. The fraction of sp³-hybridized carbons (Fsp3) is 0.611. The molecule has 0 radical (unpaired) electrons. The van der Waals surface area contributed by atoms with E-state index in [2.05, 4.69) is 24.4 Å². The summed E-state index contributed by atoms with van der Waals surface area (Å²) in [5.74, 6) is 0.861. The Morgan fingerprint density at radius 2 is 1.87 bits per heavy atom. The first kappa shape index (κ1) is 19.3. The molecule has 1 rings (SSSR count). The van der Waals surface area contributed by atoms with Crippen molar-refractivity contribution in [2.24, 2.45) is 0 Å². The standard InChI is InChI=1S/C18H30N2O3/c1-14(15-8-10-16(22-6)11-9-15)19-12-7-13-20(5)17(21)23-18(2,3)4/h8-11,14,19H,7,12-13H2,1-6H3. The first-order valence-corrected chi connectivity index (χ1v) is 8.04. The molecule has 1 aromatic carbocycles. The van der Waals surface area contributed by atoms with Gasteiger partial charge in [-0.2, -0.15) is 0 Å². The average Bonchev–Trinajstić information content (AvgIpc) is 2.49. The second-order valence-corrected chi connectivity index (χ2v) is 6.70. The van der Waals surface area contributed by atoms with Crippen LogP contribution in [0.5, 0.6) is 5.75 Å². The lowest BCUT2D eigenvalue weighted by molar-refractivity contribution is 0.0297. The number of hydrogen-bond donors (Lipinski definition) is 1. The molecule has 0 saturated heterocycles. The minimum absolute atomic E-state index is 0.257. The summed E-state index contributed by atoms with van der Waals surface area (Å²) in [4.78, 5) is 13.5. The van der Waals surface area contributed by atoms with Crippen molar-refractivity contribution in [3.8, 4) is 5.75 Å². The van der Waals surface area contributed by atoms with E-state index in [1.807, 2.05) is 32.9 Å². The van der Waals surface area contributed by atoms with Crippen molar-refractivity contribution >= 4 is 6.09 Å². The lowest BCUT2D eigenvalue weighted by Crippen LogP contribution is -2.35. The lowest BCUT2D eigenvalue weighted by atomic mass is 10.1. The van der Waals surface area contributed by atoms with Crippen LogP contribution < -0.4 is 10.1 Å². The molecule has 0 bridgehead atoms. The highest BCUT2D eigenvalue weighted by Gasteiger charge is 2.19. The molecular weight excluding hydrogens is 292 g/mol. The average molecular weight is 322 g/mol. The monoisotopic (exact) mass is 322 g/mol. The van der Waals surface area contributed by atoms with Crippen molar-refractivity contribution in [3.05, 3.63) is 29.8 Å². The van der Waals surface area contributed by atoms with Crippen LogP contribution in [0, 0.1) is 0 Å². The van der Waals surface area contributed by atoms with Crippen LogP contribution in [-0.2, 0) is 4.74 Å². The number of hydrogen-bond acceptors (Lipinski definition) is 4. The largest absolute Gasteiger partial charge is 0.497 e. The van der Waals surface area contributed by atoms with E-state index < -0.39 is 5.60 Å². The SMILES string of the molecule is COc1ccc(C(C)NCCCN(C)C(=O)OC(C)(C)C)cc1. The summed E-state index contributed by atoms with van der Waals surface area (Å²) in [5, 5.41) is 3.46. The van der Waals surface area contributed by atoms with Crippen LogP contribution in [0.15, 0.2) is 24.3 Å². The summed E-state index contributed by atoms with van der Waals surface area (Å²) in [6.07, 6.45) is 0.594. The number of nitrogens with zero attached hydrogens (tertiary/aromatic N) is 1. The van der Waals surface area contributed by atoms with Crippen LogP contribution in [0.2, 0.25) is 0 Å². The number of carbonyl (C=O) groups excluding carboxylic acids is 1. The normalized spacial score (nSPS) is 12.6. The molecule has 0 aromatic heterocycles. The third-order valence-electron chi connectivity index (χ3n) is 3.44. The molecule has 0 aliphatic heterocycles. The highest BCUT2D eigenvalue weighted by atomic mass is 16.6. The highest BCUT2D eigenvalue weighted by Crippen LogP contribution is 2.17. The minimum atomic E-state index is -0.452. The quantitative estimate of drug-likeness (QED) is 0.779. The molecule has 5 heteroatoms. The number of carbonyl (C=O) groups is 1. The maximum atomic E-state index is 11.8. The highest BCUT2D eigenvalue weighted by molar-refractivity contribution is 5.67. The van der Waals surface area contributed by atoms with Crippen LogP contribution >= 0.6 is 0 Å². The Morgan fingerprint density at radius 1 is 1.26 bits per heavy atom. The zero-order chi connectivity index (χ0) is 17.5. The van der Waals surface area contributed by atoms with E-state index in [1.54, 1.807) is 19.1 Å². The Morgan fingerprint density at radius 3 is 2.39 bits per heavy atom. The molecule has 1 amide bonds. The van der Waals surface area contributed by atoms with E-state index in [9.17, 15) is 4.79 Å². The Labute approximate surface area is 140 Å². The predicted octanol–water partition coefficient (Wildman–Crippen LogP) is 3.60. The van der Waals surface area contributed by atoms with Crippen molar-refractivity contribution in [3.63, 3.8) is 0 Å². The third-order valence-corrected chi connectivity index (χ3v) is 3.44. The molecule has 1 unspecified atom stereocenters. The van der Waals surface area contributed by atoms with Gasteiger partial charge in [0.1, 0.15) is 11.4 Å². The van der Waals surface area contributed by atoms with Crippen LogP contribution in [0.25, 0.3) is 0 Å². The first-order chi connectivity index (χ1) is 10.7. The van der Waals surface area contributed by atoms with Gasteiger partial charge >= 0.3 is 6.09 Å². The molecule has 1 atom stereocenters. The molecule has 0 fully saturated rings. The smallest absolute Gasteiger partial charge is 0.410 e. The van der Waals surface area contributed by atoms with Gasteiger partial charge in [0.25, 0.3) is 0 Å². The Balaban J connectivity index is 2.29. The molecule has 23 heavy (non-hydrogen) atoms. The van der Waals surface area contributed by atoms with Gasteiger partial charge < -0.3 is 19.7 Å². The summed E-state index contributed by atoms with van der Waals surface area (Å²) >= 11 is 0. The van der Waals surface area contributed by atoms with Gasteiger partial charge in [0.05, 0.1) is 7.11 Å². The minimum Gasteiger partial charge on any atom is -0.497 e. The van der Waals surface area contributed by atoms with Gasteiger partial charge in [0.15, 0.2) is 0 Å². The molecule has 0 heterocycles. The van der Waals surface area contributed by atoms with E-state index in [-0.39, 0.29) is 12.1 Å². The number of amides is 1. The van der Waals surface area contributed by atoms with Gasteiger partial charge in [0.2, 0.25) is 0 Å². The van der Waals surface area contributed by atoms with Crippen LogP contribution in [0.1, 0.15) is 45.7 Å². The van der Waals surface area contributed by atoms with Gasteiger partial charge in [-0.15, -0.1) is 0 Å². The topological polar surface area (TPSA) is 50.8 Å². The summed E-state index contributed by atoms with van der Waals surface area (Å²) in [6, 6.07) is 8.30. The predicted molar refractivity (Wildman–Crippen MR) is 92.9 cm³/mol.